The van der Waals surface area contributed by atoms with Gasteiger partial charge in [0, 0.05) is 23.6 Å². The molecule has 1 aromatic carbocycles. The number of unbranched alkanes of at least 4 members (excludes halogenated alkanes) is 1. The van der Waals surface area contributed by atoms with Crippen molar-refractivity contribution in [3.8, 4) is 0 Å². The van der Waals surface area contributed by atoms with Gasteiger partial charge in [0.25, 0.3) is 0 Å². The van der Waals surface area contributed by atoms with E-state index >= 15 is 0 Å². The Morgan fingerprint density at radius 2 is 2.05 bits per heavy atom. The van der Waals surface area contributed by atoms with Gasteiger partial charge in [0.05, 0.1) is 5.52 Å². The summed E-state index contributed by atoms with van der Waals surface area (Å²) in [6, 6.07) is 7.16. The van der Waals surface area contributed by atoms with Crippen molar-refractivity contribution in [2.45, 2.75) is 32.8 Å². The molecule has 0 aliphatic heterocycles. The monoisotopic (exact) mass is 275 g/mol. The molecule has 0 amide bonds. The molecular weight excluding hydrogens is 258 g/mol. The number of para-hydroxylation sites is 1. The quantitative estimate of drug-likeness (QED) is 0.849. The van der Waals surface area contributed by atoms with Gasteiger partial charge in [0.15, 0.2) is 0 Å². The Morgan fingerprint density at radius 1 is 1.30 bits per heavy atom. The van der Waals surface area contributed by atoms with E-state index in [9.17, 15) is 9.59 Å². The van der Waals surface area contributed by atoms with E-state index in [0.717, 1.165) is 22.8 Å². The number of hydrogen-bond acceptors (Lipinski definition) is 3. The first-order valence-electron chi connectivity index (χ1n) is 6.61. The number of hydrogen-bond donors (Lipinski definition) is 1. The van der Waals surface area contributed by atoms with Gasteiger partial charge in [-0.3, -0.25) is 9.36 Å². The van der Waals surface area contributed by atoms with Crippen LogP contribution >= 0.6 is 0 Å². The van der Waals surface area contributed by atoms with Crippen LogP contribution in [0.25, 0.3) is 10.9 Å². The molecule has 0 spiro atoms. The Kier molecular flexibility index (Phi) is 4.40. The molecule has 0 radical (unpaired) electrons. The van der Waals surface area contributed by atoms with E-state index in [1.54, 1.807) is 12.1 Å². The number of fused-ring (bicyclic) bond motifs is 1. The number of carboxylic acid groups (broad SMARTS) is 1. The summed E-state index contributed by atoms with van der Waals surface area (Å²) >= 11 is 0. The summed E-state index contributed by atoms with van der Waals surface area (Å²) in [6.07, 6.45) is 2.59. The zero-order valence-corrected chi connectivity index (χ0v) is 11.3. The lowest BCUT2D eigenvalue weighted by Gasteiger charge is -2.03. The molecule has 0 saturated carbocycles. The minimum absolute atomic E-state index is 0.101. The number of aromatic nitrogens is 1. The summed E-state index contributed by atoms with van der Waals surface area (Å²) in [6.45, 7) is 2.11. The minimum atomic E-state index is -1.05. The van der Waals surface area contributed by atoms with Crippen molar-refractivity contribution < 1.29 is 19.4 Å². The van der Waals surface area contributed by atoms with Crippen molar-refractivity contribution in [3.63, 3.8) is 0 Å². The third-order valence-corrected chi connectivity index (χ3v) is 3.12. The molecule has 2 aromatic rings. The minimum Gasteiger partial charge on any atom is -0.464 e. The normalized spacial score (nSPS) is 10.7. The van der Waals surface area contributed by atoms with Crippen LogP contribution < -0.4 is 0 Å². The first kappa shape index (κ1) is 14.1. The van der Waals surface area contributed by atoms with Crippen LogP contribution in [0.5, 0.6) is 0 Å². The summed E-state index contributed by atoms with van der Waals surface area (Å²) in [4.78, 5) is 22.7. The number of carbonyl (C=O) groups excluding carboxylic acids is 1. The maximum Gasteiger partial charge on any atom is 0.416 e. The SMILES string of the molecule is CCCCC(=O)OCc1cn(C(=O)O)c2ccccc12. The molecule has 20 heavy (non-hydrogen) atoms. The van der Waals surface area contributed by atoms with E-state index in [2.05, 4.69) is 0 Å². The summed E-state index contributed by atoms with van der Waals surface area (Å²) in [5.74, 6) is -0.251. The van der Waals surface area contributed by atoms with Crippen LogP contribution in [0.2, 0.25) is 0 Å². The highest BCUT2D eigenvalue weighted by Gasteiger charge is 2.13. The lowest BCUT2D eigenvalue weighted by Crippen LogP contribution is -2.06. The molecule has 5 nitrogen and oxygen atoms in total. The lowest BCUT2D eigenvalue weighted by atomic mass is 10.2. The molecule has 0 unspecified atom stereocenters. The molecule has 0 aliphatic rings. The highest BCUT2D eigenvalue weighted by atomic mass is 16.5. The average molecular weight is 275 g/mol. The van der Waals surface area contributed by atoms with E-state index in [4.69, 9.17) is 9.84 Å². The number of rotatable bonds is 5. The Bertz CT molecular complexity index is 630. The molecular formula is C15H17NO4. The van der Waals surface area contributed by atoms with Gasteiger partial charge in [-0.05, 0) is 12.5 Å². The van der Waals surface area contributed by atoms with Gasteiger partial charge in [-0.1, -0.05) is 31.5 Å². The molecule has 1 heterocycles. The first-order chi connectivity index (χ1) is 9.63. The van der Waals surface area contributed by atoms with E-state index in [1.165, 1.54) is 6.20 Å². The van der Waals surface area contributed by atoms with Crippen molar-refractivity contribution >= 4 is 23.0 Å². The summed E-state index contributed by atoms with van der Waals surface area (Å²) < 4.78 is 6.33. The van der Waals surface area contributed by atoms with Crippen LogP contribution in [0.4, 0.5) is 4.79 Å². The van der Waals surface area contributed by atoms with Gasteiger partial charge < -0.3 is 9.84 Å². The van der Waals surface area contributed by atoms with Gasteiger partial charge in [-0.2, -0.15) is 0 Å². The van der Waals surface area contributed by atoms with Crippen LogP contribution in [-0.2, 0) is 16.1 Å². The molecule has 106 valence electrons. The zero-order valence-electron chi connectivity index (χ0n) is 11.3. The molecule has 5 heteroatoms. The van der Waals surface area contributed by atoms with Gasteiger partial charge in [0.2, 0.25) is 0 Å². The van der Waals surface area contributed by atoms with Gasteiger partial charge in [-0.15, -0.1) is 0 Å². The molecule has 0 atom stereocenters. The zero-order chi connectivity index (χ0) is 14.5. The second kappa shape index (κ2) is 6.23. The lowest BCUT2D eigenvalue weighted by molar-refractivity contribution is -0.145. The fourth-order valence-electron chi connectivity index (χ4n) is 2.07. The molecule has 0 aliphatic carbocycles. The van der Waals surface area contributed by atoms with Crippen LogP contribution in [-0.4, -0.2) is 21.7 Å². The van der Waals surface area contributed by atoms with E-state index in [1.807, 2.05) is 19.1 Å². The standard InChI is InChI=1S/C15H17NO4/c1-2-3-8-14(17)20-10-11-9-16(15(18)19)13-7-5-4-6-12(11)13/h4-7,9H,2-3,8,10H2,1H3,(H,18,19). The Labute approximate surface area is 116 Å². The predicted octanol–water partition coefficient (Wildman–Crippen LogP) is 3.40. The third-order valence-electron chi connectivity index (χ3n) is 3.12. The van der Waals surface area contributed by atoms with E-state index in [-0.39, 0.29) is 12.6 Å². The van der Waals surface area contributed by atoms with Crippen LogP contribution in [0.15, 0.2) is 30.5 Å². The fraction of sp³-hybridized carbons (Fsp3) is 0.333. The molecule has 0 bridgehead atoms. The molecule has 1 N–H and O–H groups in total. The third kappa shape index (κ3) is 2.99. The van der Waals surface area contributed by atoms with E-state index < -0.39 is 6.09 Å². The number of nitrogens with zero attached hydrogens (tertiary/aromatic N) is 1. The summed E-state index contributed by atoms with van der Waals surface area (Å²) in [7, 11) is 0. The second-order valence-electron chi connectivity index (χ2n) is 4.59. The first-order valence-corrected chi connectivity index (χ1v) is 6.61. The fourth-order valence-corrected chi connectivity index (χ4v) is 2.07. The molecule has 2 rings (SSSR count). The maximum absolute atomic E-state index is 11.5. The second-order valence-corrected chi connectivity index (χ2v) is 4.59. The smallest absolute Gasteiger partial charge is 0.416 e. The topological polar surface area (TPSA) is 68.5 Å². The number of ether oxygens (including phenoxy) is 1. The highest BCUT2D eigenvalue weighted by molar-refractivity contribution is 5.91. The van der Waals surface area contributed by atoms with Crippen molar-refractivity contribution in [1.29, 1.82) is 0 Å². The Morgan fingerprint density at radius 3 is 2.75 bits per heavy atom. The summed E-state index contributed by atoms with van der Waals surface area (Å²) in [5.41, 5.74) is 1.30. The molecule has 0 fully saturated rings. The van der Waals surface area contributed by atoms with Crippen molar-refractivity contribution in [2.24, 2.45) is 0 Å². The van der Waals surface area contributed by atoms with Crippen LogP contribution in [0.3, 0.4) is 0 Å². The average Bonchev–Trinajstić information content (AvgIpc) is 2.82. The largest absolute Gasteiger partial charge is 0.464 e. The van der Waals surface area contributed by atoms with E-state index in [0.29, 0.717) is 17.5 Å². The number of carbonyl (C=O) groups is 2. The van der Waals surface area contributed by atoms with Crippen LogP contribution in [0, 0.1) is 0 Å². The molecule has 1 aromatic heterocycles. The van der Waals surface area contributed by atoms with Crippen molar-refractivity contribution in [2.75, 3.05) is 0 Å². The van der Waals surface area contributed by atoms with Crippen molar-refractivity contribution in [1.82, 2.24) is 4.57 Å². The van der Waals surface area contributed by atoms with Gasteiger partial charge in [-0.25, -0.2) is 4.79 Å². The summed E-state index contributed by atoms with van der Waals surface area (Å²) in [5, 5.41) is 9.93. The Hall–Kier alpha value is -2.30. The maximum atomic E-state index is 11.5. The van der Waals surface area contributed by atoms with Crippen molar-refractivity contribution in [3.05, 3.63) is 36.0 Å². The number of benzene rings is 1. The van der Waals surface area contributed by atoms with Gasteiger partial charge >= 0.3 is 12.1 Å². The number of esters is 1. The highest BCUT2D eigenvalue weighted by Crippen LogP contribution is 2.22. The Balaban J connectivity index is 2.18. The van der Waals surface area contributed by atoms with Crippen LogP contribution in [0.1, 0.15) is 31.7 Å². The molecule has 0 saturated heterocycles. The van der Waals surface area contributed by atoms with Gasteiger partial charge in [0.1, 0.15) is 6.61 Å². The predicted molar refractivity (Wildman–Crippen MR) is 74.7 cm³/mol.